The van der Waals surface area contributed by atoms with Crippen LogP contribution in [0.5, 0.6) is 0 Å². The number of fused-ring (bicyclic) bond motifs is 1. The van der Waals surface area contributed by atoms with Gasteiger partial charge in [0.15, 0.2) is 0 Å². The second kappa shape index (κ2) is 5.78. The van der Waals surface area contributed by atoms with Gasteiger partial charge in [-0.15, -0.1) is 11.8 Å². The highest BCUT2D eigenvalue weighted by Gasteiger charge is 2.11. The third-order valence-corrected chi connectivity index (χ3v) is 4.97. The minimum absolute atomic E-state index is 0.138. The largest absolute Gasteiger partial charge is 0.255 e. The molecule has 0 fully saturated rings. The Kier molecular flexibility index (Phi) is 4.30. The number of pyridine rings is 1. The number of thioether (sulfide) groups is 1. The molecule has 0 unspecified atom stereocenters. The Morgan fingerprint density at radius 3 is 2.79 bits per heavy atom. The van der Waals surface area contributed by atoms with Gasteiger partial charge in [0.25, 0.3) is 0 Å². The Hall–Kier alpha value is -1.29. The number of hydrogen-bond acceptors (Lipinski definition) is 5. The number of hydrogen-bond donors (Lipinski definition) is 0. The molecular formula is C12H9ClN2O2S2. The molecular weight excluding hydrogens is 304 g/mol. The first-order chi connectivity index (χ1) is 9.01. The lowest BCUT2D eigenvalue weighted by Gasteiger charge is -2.07. The van der Waals surface area contributed by atoms with Crippen molar-refractivity contribution in [2.75, 3.05) is 11.5 Å². The van der Waals surface area contributed by atoms with Gasteiger partial charge in [-0.25, -0.2) is 8.42 Å². The molecule has 19 heavy (non-hydrogen) atoms. The fraction of sp³-hybridized carbons (Fsp3) is 0.167. The average molecular weight is 313 g/mol. The molecule has 98 valence electrons. The molecule has 1 aromatic carbocycles. The summed E-state index contributed by atoms with van der Waals surface area (Å²) in [6.45, 7) is 0. The van der Waals surface area contributed by atoms with Gasteiger partial charge in [-0.2, -0.15) is 5.26 Å². The lowest BCUT2D eigenvalue weighted by Crippen LogP contribution is -2.00. The number of rotatable bonds is 4. The molecule has 0 amide bonds. The topological polar surface area (TPSA) is 70.8 Å². The van der Waals surface area contributed by atoms with Gasteiger partial charge in [-0.05, 0) is 6.07 Å². The first-order valence-corrected chi connectivity index (χ1v) is 8.80. The van der Waals surface area contributed by atoms with Crippen LogP contribution in [0.2, 0.25) is 0 Å². The summed E-state index contributed by atoms with van der Waals surface area (Å²) in [6, 6.07) is 9.49. The van der Waals surface area contributed by atoms with Crippen LogP contribution >= 0.6 is 22.4 Å². The molecule has 0 spiro atoms. The van der Waals surface area contributed by atoms with Crippen LogP contribution in [0.1, 0.15) is 5.56 Å². The van der Waals surface area contributed by atoms with Gasteiger partial charge < -0.3 is 0 Å². The Balaban J connectivity index is 2.37. The van der Waals surface area contributed by atoms with Crippen LogP contribution < -0.4 is 0 Å². The molecule has 0 aliphatic rings. The van der Waals surface area contributed by atoms with E-state index in [1.165, 1.54) is 18.0 Å². The number of benzene rings is 1. The molecule has 7 heteroatoms. The van der Waals surface area contributed by atoms with E-state index in [1.807, 2.05) is 24.3 Å². The lowest BCUT2D eigenvalue weighted by molar-refractivity contribution is 0.611. The predicted molar refractivity (Wildman–Crippen MR) is 76.8 cm³/mol. The van der Waals surface area contributed by atoms with Crippen molar-refractivity contribution in [3.8, 4) is 6.07 Å². The third-order valence-electron chi connectivity index (χ3n) is 2.42. The number of nitrogens with zero attached hydrogens (tertiary/aromatic N) is 2. The molecule has 0 atom stereocenters. The van der Waals surface area contributed by atoms with E-state index in [4.69, 9.17) is 15.9 Å². The first-order valence-electron chi connectivity index (χ1n) is 5.34. The van der Waals surface area contributed by atoms with E-state index in [0.29, 0.717) is 11.3 Å². The SMILES string of the molecule is N#Cc1cnc2ccccc2c1SCCS(=O)(=O)Cl. The van der Waals surface area contributed by atoms with Crippen LogP contribution in [-0.4, -0.2) is 24.9 Å². The molecule has 0 bridgehead atoms. The van der Waals surface area contributed by atoms with E-state index in [9.17, 15) is 8.42 Å². The fourth-order valence-electron chi connectivity index (χ4n) is 1.59. The van der Waals surface area contributed by atoms with Gasteiger partial charge in [0.1, 0.15) is 6.07 Å². The summed E-state index contributed by atoms with van der Waals surface area (Å²) in [6.07, 6.45) is 1.50. The maximum absolute atomic E-state index is 10.9. The number of aromatic nitrogens is 1. The molecule has 0 radical (unpaired) electrons. The Morgan fingerprint density at radius 1 is 1.37 bits per heavy atom. The van der Waals surface area contributed by atoms with Crippen molar-refractivity contribution in [3.05, 3.63) is 36.0 Å². The van der Waals surface area contributed by atoms with Gasteiger partial charge in [0.05, 0.1) is 16.8 Å². The van der Waals surface area contributed by atoms with Crippen LogP contribution in [0, 0.1) is 11.3 Å². The second-order valence-corrected chi connectivity index (χ2v) is 7.72. The van der Waals surface area contributed by atoms with Gasteiger partial charge >= 0.3 is 0 Å². The number of halogens is 1. The average Bonchev–Trinajstić information content (AvgIpc) is 2.37. The van der Waals surface area contributed by atoms with Crippen LogP contribution in [0.25, 0.3) is 10.9 Å². The highest BCUT2D eigenvalue weighted by molar-refractivity contribution is 8.14. The van der Waals surface area contributed by atoms with E-state index < -0.39 is 9.05 Å². The third kappa shape index (κ3) is 3.60. The standard InChI is InChI=1S/C12H9ClN2O2S2/c13-19(16,17)6-5-18-12-9(7-14)8-15-11-4-2-1-3-10(11)12/h1-4,8H,5-6H2. The molecule has 0 N–H and O–H groups in total. The summed E-state index contributed by atoms with van der Waals surface area (Å²) in [5.74, 6) is 0.162. The summed E-state index contributed by atoms with van der Waals surface area (Å²) >= 11 is 1.30. The van der Waals surface area contributed by atoms with Crippen molar-refractivity contribution in [2.45, 2.75) is 4.90 Å². The molecule has 2 rings (SSSR count). The van der Waals surface area contributed by atoms with E-state index in [0.717, 1.165) is 15.8 Å². The van der Waals surface area contributed by atoms with Gasteiger partial charge in [0, 0.05) is 32.9 Å². The van der Waals surface area contributed by atoms with E-state index in [2.05, 4.69) is 11.1 Å². The van der Waals surface area contributed by atoms with Crippen LogP contribution in [0.3, 0.4) is 0 Å². The summed E-state index contributed by atoms with van der Waals surface area (Å²) in [5, 5.41) is 9.94. The first kappa shape index (κ1) is 14.1. The molecule has 0 aliphatic carbocycles. The summed E-state index contributed by atoms with van der Waals surface area (Å²) in [4.78, 5) is 4.93. The second-order valence-electron chi connectivity index (χ2n) is 3.72. The van der Waals surface area contributed by atoms with E-state index >= 15 is 0 Å². The zero-order chi connectivity index (χ0) is 13.9. The van der Waals surface area contributed by atoms with E-state index in [1.54, 1.807) is 0 Å². The van der Waals surface area contributed by atoms with Crippen molar-refractivity contribution >= 4 is 42.4 Å². The van der Waals surface area contributed by atoms with Crippen LogP contribution in [0.4, 0.5) is 0 Å². The summed E-state index contributed by atoms with van der Waals surface area (Å²) in [7, 11) is 1.66. The van der Waals surface area contributed by atoms with Gasteiger partial charge in [-0.1, -0.05) is 18.2 Å². The van der Waals surface area contributed by atoms with Gasteiger partial charge in [-0.3, -0.25) is 4.98 Å². The van der Waals surface area contributed by atoms with Crippen molar-refractivity contribution in [1.82, 2.24) is 4.98 Å². The van der Waals surface area contributed by atoms with Crippen molar-refractivity contribution in [1.29, 1.82) is 5.26 Å². The zero-order valence-electron chi connectivity index (χ0n) is 9.71. The maximum atomic E-state index is 10.9. The Morgan fingerprint density at radius 2 is 2.11 bits per heavy atom. The monoisotopic (exact) mass is 312 g/mol. The van der Waals surface area contributed by atoms with Crippen molar-refractivity contribution in [3.63, 3.8) is 0 Å². The smallest absolute Gasteiger partial charge is 0.233 e. The molecule has 0 saturated heterocycles. The Labute approximate surface area is 119 Å². The van der Waals surface area contributed by atoms with Crippen LogP contribution in [-0.2, 0) is 9.05 Å². The summed E-state index contributed by atoms with van der Waals surface area (Å²) in [5.41, 5.74) is 1.22. The quantitative estimate of drug-likeness (QED) is 0.641. The number of nitriles is 1. The normalized spacial score (nSPS) is 11.4. The minimum atomic E-state index is -3.51. The molecule has 2 aromatic rings. The zero-order valence-corrected chi connectivity index (χ0v) is 12.1. The van der Waals surface area contributed by atoms with Crippen LogP contribution in [0.15, 0.2) is 35.4 Å². The number of para-hydroxylation sites is 1. The molecule has 4 nitrogen and oxygen atoms in total. The van der Waals surface area contributed by atoms with Crippen molar-refractivity contribution < 1.29 is 8.42 Å². The molecule has 0 aliphatic heterocycles. The summed E-state index contributed by atoms with van der Waals surface area (Å²) < 4.78 is 21.8. The molecule has 0 saturated carbocycles. The fourth-order valence-corrected chi connectivity index (χ4v) is 4.08. The highest BCUT2D eigenvalue weighted by atomic mass is 35.7. The molecule has 1 aromatic heterocycles. The maximum Gasteiger partial charge on any atom is 0.233 e. The van der Waals surface area contributed by atoms with Crippen molar-refractivity contribution in [2.24, 2.45) is 0 Å². The Bertz CT molecular complexity index is 754. The minimum Gasteiger partial charge on any atom is -0.255 e. The van der Waals surface area contributed by atoms with E-state index in [-0.39, 0.29) is 5.75 Å². The highest BCUT2D eigenvalue weighted by Crippen LogP contribution is 2.30. The van der Waals surface area contributed by atoms with Gasteiger partial charge in [0.2, 0.25) is 9.05 Å². The molecule has 1 heterocycles. The predicted octanol–water partition coefficient (Wildman–Crippen LogP) is 2.77. The lowest BCUT2D eigenvalue weighted by atomic mass is 10.2.